The van der Waals surface area contributed by atoms with Crippen molar-refractivity contribution in [2.45, 2.75) is 25.3 Å². The van der Waals surface area contributed by atoms with Crippen LogP contribution in [0, 0.1) is 0 Å². The molecule has 1 fully saturated rings. The summed E-state index contributed by atoms with van der Waals surface area (Å²) in [6, 6.07) is 18.6. The monoisotopic (exact) mass is 350 g/mol. The Morgan fingerprint density at radius 2 is 1.96 bits per heavy atom. The van der Waals surface area contributed by atoms with E-state index < -0.39 is 0 Å². The molecule has 0 radical (unpaired) electrons. The second-order valence-electron chi connectivity index (χ2n) is 6.57. The number of nitrogens with zero attached hydrogens (tertiary/aromatic N) is 2. The van der Waals surface area contributed by atoms with Gasteiger partial charge in [-0.1, -0.05) is 42.5 Å². The third kappa shape index (κ3) is 3.66. The molecule has 128 valence electrons. The molecule has 0 aliphatic carbocycles. The van der Waals surface area contributed by atoms with Gasteiger partial charge in [-0.3, -0.25) is 0 Å². The average Bonchev–Trinajstić information content (AvgIpc) is 3.11. The number of aromatic amines is 1. The average molecular weight is 350 g/mol. The summed E-state index contributed by atoms with van der Waals surface area (Å²) in [6.45, 7) is 2.70. The number of hydrogen-bond acceptors (Lipinski definition) is 2. The molecule has 2 aromatic carbocycles. The molecule has 4 rings (SSSR count). The first-order valence-electron chi connectivity index (χ1n) is 8.81. The van der Waals surface area contributed by atoms with E-state index in [1.54, 1.807) is 0 Å². The largest absolute Gasteiger partial charge is 0.358 e. The Morgan fingerprint density at radius 1 is 1.16 bits per heavy atom. The Morgan fingerprint density at radius 3 is 2.80 bits per heavy atom. The van der Waals surface area contributed by atoms with E-state index in [4.69, 9.17) is 17.2 Å². The number of fused-ring (bicyclic) bond motifs is 1. The first-order valence-corrected chi connectivity index (χ1v) is 9.22. The van der Waals surface area contributed by atoms with Crippen molar-refractivity contribution in [2.24, 2.45) is 0 Å². The molecular formula is C20H22N4S. The lowest BCUT2D eigenvalue weighted by Crippen LogP contribution is -2.44. The number of hydrogen-bond donors (Lipinski definition) is 2. The van der Waals surface area contributed by atoms with E-state index in [0.29, 0.717) is 5.92 Å². The molecule has 1 unspecified atom stereocenters. The molecule has 5 heteroatoms. The predicted molar refractivity (Wildman–Crippen MR) is 106 cm³/mol. The Hall–Kier alpha value is -2.40. The van der Waals surface area contributed by atoms with Gasteiger partial charge in [0.1, 0.15) is 5.82 Å². The topological polar surface area (TPSA) is 44.0 Å². The number of nitrogens with one attached hydrogen (secondary N) is 2. The summed E-state index contributed by atoms with van der Waals surface area (Å²) in [5.74, 6) is 1.48. The third-order valence-corrected chi connectivity index (χ3v) is 5.19. The van der Waals surface area contributed by atoms with Crippen molar-refractivity contribution in [1.29, 1.82) is 0 Å². The summed E-state index contributed by atoms with van der Waals surface area (Å²) >= 11 is 5.62. The minimum Gasteiger partial charge on any atom is -0.358 e. The van der Waals surface area contributed by atoms with Crippen molar-refractivity contribution in [1.82, 2.24) is 20.2 Å². The molecule has 2 heterocycles. The minimum atomic E-state index is 0.401. The quantitative estimate of drug-likeness (QED) is 0.705. The number of imidazole rings is 1. The molecule has 1 saturated heterocycles. The second-order valence-corrected chi connectivity index (χ2v) is 6.96. The number of para-hydroxylation sites is 2. The van der Waals surface area contributed by atoms with E-state index in [-0.39, 0.29) is 0 Å². The Balaban J connectivity index is 1.41. The highest BCUT2D eigenvalue weighted by Gasteiger charge is 2.25. The van der Waals surface area contributed by atoms with E-state index in [2.05, 4.69) is 51.6 Å². The van der Waals surface area contributed by atoms with Crippen molar-refractivity contribution < 1.29 is 0 Å². The molecule has 1 atom stereocenters. The fraction of sp³-hybridized carbons (Fsp3) is 0.300. The first kappa shape index (κ1) is 16.1. The molecule has 4 nitrogen and oxygen atoms in total. The number of piperidine rings is 1. The van der Waals surface area contributed by atoms with Crippen LogP contribution >= 0.6 is 12.2 Å². The molecule has 1 aliphatic heterocycles. The summed E-state index contributed by atoms with van der Waals surface area (Å²) in [4.78, 5) is 10.5. The van der Waals surface area contributed by atoms with Crippen LogP contribution in [-0.2, 0) is 6.54 Å². The van der Waals surface area contributed by atoms with Crippen LogP contribution in [-0.4, -0.2) is 33.1 Å². The van der Waals surface area contributed by atoms with E-state index in [0.717, 1.165) is 54.4 Å². The van der Waals surface area contributed by atoms with E-state index in [9.17, 15) is 0 Å². The third-order valence-electron chi connectivity index (χ3n) is 4.79. The number of aromatic nitrogens is 2. The fourth-order valence-corrected chi connectivity index (χ4v) is 3.67. The van der Waals surface area contributed by atoms with E-state index in [1.165, 1.54) is 5.56 Å². The highest BCUT2D eigenvalue weighted by Crippen LogP contribution is 2.26. The van der Waals surface area contributed by atoms with Crippen LogP contribution in [0.5, 0.6) is 0 Å². The van der Waals surface area contributed by atoms with Crippen LogP contribution < -0.4 is 5.32 Å². The zero-order valence-corrected chi connectivity index (χ0v) is 14.9. The standard InChI is InChI=1S/C20H22N4S/c25-20(21-13-15-7-2-1-3-8-15)24-12-6-9-16(14-24)19-22-17-10-4-5-11-18(17)23-19/h1-5,7-8,10-11,16H,6,9,12-14H2,(H,21,25)(H,22,23). The lowest BCUT2D eigenvalue weighted by Gasteiger charge is -2.33. The highest BCUT2D eigenvalue weighted by atomic mass is 32.1. The van der Waals surface area contributed by atoms with Gasteiger partial charge >= 0.3 is 0 Å². The smallest absolute Gasteiger partial charge is 0.169 e. The van der Waals surface area contributed by atoms with Crippen LogP contribution in [0.15, 0.2) is 54.6 Å². The lowest BCUT2D eigenvalue weighted by atomic mass is 9.98. The van der Waals surface area contributed by atoms with Crippen molar-refractivity contribution in [3.05, 3.63) is 66.0 Å². The van der Waals surface area contributed by atoms with Gasteiger partial charge in [-0.25, -0.2) is 4.98 Å². The van der Waals surface area contributed by atoms with Crippen molar-refractivity contribution in [3.8, 4) is 0 Å². The number of likely N-dealkylation sites (tertiary alicyclic amines) is 1. The van der Waals surface area contributed by atoms with Gasteiger partial charge < -0.3 is 15.2 Å². The van der Waals surface area contributed by atoms with E-state index >= 15 is 0 Å². The summed E-state index contributed by atoms with van der Waals surface area (Å²) in [7, 11) is 0. The Labute approximate surface area is 153 Å². The minimum absolute atomic E-state index is 0.401. The predicted octanol–water partition coefficient (Wildman–Crippen LogP) is 3.82. The number of benzene rings is 2. The summed E-state index contributed by atoms with van der Waals surface area (Å²) in [5.41, 5.74) is 3.40. The second kappa shape index (κ2) is 7.23. The van der Waals surface area contributed by atoms with Crippen LogP contribution in [0.25, 0.3) is 11.0 Å². The van der Waals surface area contributed by atoms with Crippen LogP contribution in [0.4, 0.5) is 0 Å². The van der Waals surface area contributed by atoms with Gasteiger partial charge in [-0.2, -0.15) is 0 Å². The Kier molecular flexibility index (Phi) is 4.65. The summed E-state index contributed by atoms with van der Waals surface area (Å²) < 4.78 is 0. The molecule has 0 saturated carbocycles. The maximum absolute atomic E-state index is 5.62. The molecule has 3 aromatic rings. The fourth-order valence-electron chi connectivity index (χ4n) is 3.44. The molecule has 25 heavy (non-hydrogen) atoms. The number of rotatable bonds is 3. The van der Waals surface area contributed by atoms with Gasteiger partial charge in [0, 0.05) is 25.6 Å². The molecule has 1 aliphatic rings. The van der Waals surface area contributed by atoms with Crippen molar-refractivity contribution in [2.75, 3.05) is 13.1 Å². The lowest BCUT2D eigenvalue weighted by molar-refractivity contribution is 0.300. The molecular weight excluding hydrogens is 328 g/mol. The summed E-state index contributed by atoms with van der Waals surface area (Å²) in [5, 5.41) is 4.23. The van der Waals surface area contributed by atoms with Crippen molar-refractivity contribution in [3.63, 3.8) is 0 Å². The number of thiocarbonyl (C=S) groups is 1. The van der Waals surface area contributed by atoms with Gasteiger partial charge in [0.2, 0.25) is 0 Å². The zero-order valence-electron chi connectivity index (χ0n) is 14.1. The van der Waals surface area contributed by atoms with Gasteiger partial charge in [-0.15, -0.1) is 0 Å². The van der Waals surface area contributed by atoms with Crippen LogP contribution in [0.1, 0.15) is 30.1 Å². The zero-order chi connectivity index (χ0) is 17.1. The van der Waals surface area contributed by atoms with Crippen molar-refractivity contribution >= 4 is 28.4 Å². The SMILES string of the molecule is S=C(NCc1ccccc1)N1CCCC(c2nc3ccccc3[nH]2)C1. The van der Waals surface area contributed by atoms with Crippen LogP contribution in [0.2, 0.25) is 0 Å². The van der Waals surface area contributed by atoms with Gasteiger partial charge in [-0.05, 0) is 42.8 Å². The normalized spacial score (nSPS) is 17.6. The van der Waals surface area contributed by atoms with Crippen LogP contribution in [0.3, 0.4) is 0 Å². The number of H-pyrrole nitrogens is 1. The summed E-state index contributed by atoms with van der Waals surface area (Å²) in [6.07, 6.45) is 2.28. The molecule has 0 amide bonds. The molecule has 2 N–H and O–H groups in total. The maximum Gasteiger partial charge on any atom is 0.169 e. The van der Waals surface area contributed by atoms with Gasteiger partial charge in [0.25, 0.3) is 0 Å². The van der Waals surface area contributed by atoms with Gasteiger partial charge in [0.15, 0.2) is 5.11 Å². The maximum atomic E-state index is 5.62. The van der Waals surface area contributed by atoms with Gasteiger partial charge in [0.05, 0.1) is 11.0 Å². The molecule has 0 spiro atoms. The first-order chi connectivity index (χ1) is 12.3. The van der Waals surface area contributed by atoms with E-state index in [1.807, 2.05) is 18.2 Å². The molecule has 1 aromatic heterocycles. The highest BCUT2D eigenvalue weighted by molar-refractivity contribution is 7.80. The Bertz CT molecular complexity index is 825. The molecule has 0 bridgehead atoms.